The molecule has 2 N–H and O–H groups in total. The Bertz CT molecular complexity index is 250. The van der Waals surface area contributed by atoms with Gasteiger partial charge in [-0.1, -0.05) is 6.92 Å². The Kier molecular flexibility index (Phi) is 2.75. The van der Waals surface area contributed by atoms with E-state index in [0.717, 1.165) is 6.42 Å². The second-order valence-electron chi connectivity index (χ2n) is 3.55. The van der Waals surface area contributed by atoms with Crippen LogP contribution in [0.5, 0.6) is 0 Å². The lowest BCUT2D eigenvalue weighted by Crippen LogP contribution is -2.47. The highest BCUT2D eigenvalue weighted by Crippen LogP contribution is 2.16. The summed E-state index contributed by atoms with van der Waals surface area (Å²) >= 11 is 0. The first kappa shape index (κ1) is 9.95. The van der Waals surface area contributed by atoms with E-state index in [4.69, 9.17) is 5.73 Å². The maximum Gasteiger partial charge on any atom is 0.211 e. The minimum atomic E-state index is -3.00. The second kappa shape index (κ2) is 3.32. The molecule has 0 spiro atoms. The van der Waals surface area contributed by atoms with Crippen LogP contribution >= 0.6 is 0 Å². The Morgan fingerprint density at radius 2 is 2.08 bits per heavy atom. The van der Waals surface area contributed by atoms with Crippen LogP contribution < -0.4 is 5.73 Å². The van der Waals surface area contributed by atoms with Crippen molar-refractivity contribution in [1.29, 1.82) is 0 Å². The average molecular weight is 192 g/mol. The quantitative estimate of drug-likeness (QED) is 0.615. The van der Waals surface area contributed by atoms with E-state index in [1.165, 1.54) is 10.6 Å². The molecule has 0 aromatic heterocycles. The van der Waals surface area contributed by atoms with Crippen molar-refractivity contribution in [3.8, 4) is 0 Å². The Morgan fingerprint density at radius 3 is 2.50 bits per heavy atom. The van der Waals surface area contributed by atoms with E-state index >= 15 is 0 Å². The highest BCUT2D eigenvalue weighted by Gasteiger charge is 2.27. The van der Waals surface area contributed by atoms with E-state index in [2.05, 4.69) is 0 Å². The summed E-state index contributed by atoms with van der Waals surface area (Å²) in [6.45, 7) is 3.13. The van der Waals surface area contributed by atoms with Gasteiger partial charge in [-0.15, -0.1) is 0 Å². The van der Waals surface area contributed by atoms with Crippen molar-refractivity contribution in [2.24, 2.45) is 11.7 Å². The van der Waals surface area contributed by atoms with Gasteiger partial charge < -0.3 is 5.73 Å². The van der Waals surface area contributed by atoms with E-state index in [1.54, 1.807) is 0 Å². The Balaban J connectivity index is 2.64. The van der Waals surface area contributed by atoms with Gasteiger partial charge in [-0.2, -0.15) is 0 Å². The number of rotatable bonds is 1. The molecule has 1 fully saturated rings. The molecule has 0 bridgehead atoms. The summed E-state index contributed by atoms with van der Waals surface area (Å²) in [7, 11) is -3.00. The lowest BCUT2D eigenvalue weighted by atomic mass is 9.96. The fourth-order valence-corrected chi connectivity index (χ4v) is 2.37. The minimum Gasteiger partial charge on any atom is -0.327 e. The van der Waals surface area contributed by atoms with Crippen molar-refractivity contribution in [2.45, 2.75) is 19.4 Å². The first-order valence-electron chi connectivity index (χ1n) is 4.12. The zero-order valence-electron chi connectivity index (χ0n) is 7.53. The zero-order chi connectivity index (χ0) is 9.35. The lowest BCUT2D eigenvalue weighted by molar-refractivity contribution is 0.251. The van der Waals surface area contributed by atoms with Gasteiger partial charge in [0, 0.05) is 19.1 Å². The number of piperidine rings is 1. The van der Waals surface area contributed by atoms with E-state index < -0.39 is 10.0 Å². The third-order valence-electron chi connectivity index (χ3n) is 2.40. The maximum absolute atomic E-state index is 11.1. The predicted molar refractivity (Wildman–Crippen MR) is 48.2 cm³/mol. The van der Waals surface area contributed by atoms with Gasteiger partial charge in [-0.05, 0) is 12.3 Å². The van der Waals surface area contributed by atoms with Gasteiger partial charge in [-0.3, -0.25) is 0 Å². The molecule has 5 heteroatoms. The van der Waals surface area contributed by atoms with Crippen LogP contribution in [-0.2, 0) is 10.0 Å². The Hall–Kier alpha value is -0.130. The molecule has 0 aliphatic carbocycles. The molecular weight excluding hydrogens is 176 g/mol. The molecule has 1 heterocycles. The second-order valence-corrected chi connectivity index (χ2v) is 5.53. The topological polar surface area (TPSA) is 63.4 Å². The van der Waals surface area contributed by atoms with Crippen molar-refractivity contribution < 1.29 is 8.42 Å². The van der Waals surface area contributed by atoms with Crippen molar-refractivity contribution >= 4 is 10.0 Å². The summed E-state index contributed by atoms with van der Waals surface area (Å²) in [6.07, 6.45) is 2.02. The maximum atomic E-state index is 11.1. The van der Waals surface area contributed by atoms with Crippen LogP contribution in [0.25, 0.3) is 0 Å². The molecule has 0 amide bonds. The molecule has 0 aromatic carbocycles. The first-order chi connectivity index (χ1) is 5.41. The Labute approximate surface area is 73.8 Å². The molecule has 1 unspecified atom stereocenters. The van der Waals surface area contributed by atoms with Crippen LogP contribution in [0.2, 0.25) is 0 Å². The number of hydrogen-bond donors (Lipinski definition) is 1. The monoisotopic (exact) mass is 192 g/mol. The molecule has 0 aromatic rings. The summed E-state index contributed by atoms with van der Waals surface area (Å²) < 4.78 is 23.7. The van der Waals surface area contributed by atoms with Gasteiger partial charge in [0.25, 0.3) is 0 Å². The number of nitrogens with zero attached hydrogens (tertiary/aromatic N) is 1. The van der Waals surface area contributed by atoms with Crippen LogP contribution in [0.15, 0.2) is 0 Å². The van der Waals surface area contributed by atoms with Gasteiger partial charge in [0.05, 0.1) is 6.26 Å². The summed E-state index contributed by atoms with van der Waals surface area (Å²) in [5.41, 5.74) is 5.76. The average Bonchev–Trinajstić information content (AvgIpc) is 1.92. The van der Waals surface area contributed by atoms with Crippen molar-refractivity contribution in [1.82, 2.24) is 4.31 Å². The predicted octanol–water partition coefficient (Wildman–Crippen LogP) is -0.385. The molecule has 2 atom stereocenters. The molecule has 0 saturated carbocycles. The van der Waals surface area contributed by atoms with Gasteiger partial charge >= 0.3 is 0 Å². The lowest BCUT2D eigenvalue weighted by Gasteiger charge is -2.33. The normalized spacial score (nSPS) is 33.6. The van der Waals surface area contributed by atoms with Crippen molar-refractivity contribution in [3.63, 3.8) is 0 Å². The van der Waals surface area contributed by atoms with Crippen molar-refractivity contribution in [3.05, 3.63) is 0 Å². The molecule has 1 saturated heterocycles. The van der Waals surface area contributed by atoms with Crippen LogP contribution in [0.4, 0.5) is 0 Å². The van der Waals surface area contributed by atoms with Crippen LogP contribution in [0, 0.1) is 5.92 Å². The Morgan fingerprint density at radius 1 is 1.50 bits per heavy atom. The third-order valence-corrected chi connectivity index (χ3v) is 3.67. The minimum absolute atomic E-state index is 0.156. The van der Waals surface area contributed by atoms with Crippen LogP contribution in [0.3, 0.4) is 0 Å². The standard InChI is InChI=1S/C7H16N2O2S/c1-6-5-9(12(2,10)11)4-3-7(6)8/h6-7H,3-5,8H2,1-2H3/t6?,7-/m1/s1. The molecule has 1 aliphatic rings. The molecule has 1 aliphatic heterocycles. The zero-order valence-corrected chi connectivity index (χ0v) is 8.34. The summed E-state index contributed by atoms with van der Waals surface area (Å²) in [5.74, 6) is 0.272. The van der Waals surface area contributed by atoms with Gasteiger partial charge in [0.15, 0.2) is 0 Å². The number of hydrogen-bond acceptors (Lipinski definition) is 3. The highest BCUT2D eigenvalue weighted by molar-refractivity contribution is 7.88. The van der Waals surface area contributed by atoms with Gasteiger partial charge in [0.2, 0.25) is 10.0 Å². The fraction of sp³-hybridized carbons (Fsp3) is 1.00. The van der Waals surface area contributed by atoms with Crippen molar-refractivity contribution in [2.75, 3.05) is 19.3 Å². The van der Waals surface area contributed by atoms with Gasteiger partial charge in [0.1, 0.15) is 0 Å². The number of nitrogens with two attached hydrogens (primary N) is 1. The first-order valence-corrected chi connectivity index (χ1v) is 5.97. The SMILES string of the molecule is CC1CN(S(C)(=O)=O)CC[C@H]1N. The largest absolute Gasteiger partial charge is 0.327 e. The highest BCUT2D eigenvalue weighted by atomic mass is 32.2. The van der Waals surface area contributed by atoms with Crippen LogP contribution in [-0.4, -0.2) is 38.1 Å². The molecular formula is C7H16N2O2S. The summed E-state index contributed by atoms with van der Waals surface area (Å²) in [4.78, 5) is 0. The molecule has 12 heavy (non-hydrogen) atoms. The molecule has 72 valence electrons. The third kappa shape index (κ3) is 2.18. The van der Waals surface area contributed by atoms with E-state index in [0.29, 0.717) is 13.1 Å². The van der Waals surface area contributed by atoms with E-state index in [9.17, 15) is 8.42 Å². The van der Waals surface area contributed by atoms with E-state index in [1.807, 2.05) is 6.92 Å². The van der Waals surface area contributed by atoms with Crippen LogP contribution in [0.1, 0.15) is 13.3 Å². The summed E-state index contributed by atoms with van der Waals surface area (Å²) in [6, 6.07) is 0.156. The van der Waals surface area contributed by atoms with E-state index in [-0.39, 0.29) is 12.0 Å². The number of sulfonamides is 1. The fourth-order valence-electron chi connectivity index (χ4n) is 1.43. The molecule has 4 nitrogen and oxygen atoms in total. The molecule has 0 radical (unpaired) electrons. The molecule has 1 rings (SSSR count). The summed E-state index contributed by atoms with van der Waals surface area (Å²) in [5, 5.41) is 0. The van der Waals surface area contributed by atoms with Gasteiger partial charge in [-0.25, -0.2) is 12.7 Å². The smallest absolute Gasteiger partial charge is 0.211 e.